The predicted molar refractivity (Wildman–Crippen MR) is 103 cm³/mol. The third-order valence-electron chi connectivity index (χ3n) is 4.80. The van der Waals surface area contributed by atoms with Crippen LogP contribution in [0.15, 0.2) is 42.5 Å². The molecule has 0 saturated carbocycles. The second-order valence-corrected chi connectivity index (χ2v) is 7.18. The van der Waals surface area contributed by atoms with Crippen LogP contribution in [0.5, 0.6) is 5.75 Å². The zero-order chi connectivity index (χ0) is 17.7. The van der Waals surface area contributed by atoms with Crippen LogP contribution < -0.4 is 10.5 Å². The maximum absolute atomic E-state index is 6.10. The van der Waals surface area contributed by atoms with Crippen molar-refractivity contribution >= 4 is 0 Å². The minimum absolute atomic E-state index is 0.308. The summed E-state index contributed by atoms with van der Waals surface area (Å²) in [7, 11) is 1.74. The molecular formula is C22H31NO. The highest BCUT2D eigenvalue weighted by atomic mass is 16.5. The van der Waals surface area contributed by atoms with Gasteiger partial charge in [-0.2, -0.15) is 0 Å². The van der Waals surface area contributed by atoms with E-state index in [0.29, 0.717) is 24.3 Å². The van der Waals surface area contributed by atoms with Gasteiger partial charge in [-0.3, -0.25) is 0 Å². The summed E-state index contributed by atoms with van der Waals surface area (Å²) >= 11 is 0. The predicted octanol–water partition coefficient (Wildman–Crippen LogP) is 5.23. The number of benzene rings is 2. The van der Waals surface area contributed by atoms with Crippen molar-refractivity contribution in [3.8, 4) is 5.75 Å². The highest BCUT2D eigenvalue weighted by Gasteiger charge is 2.15. The fourth-order valence-corrected chi connectivity index (χ4v) is 3.07. The van der Waals surface area contributed by atoms with E-state index < -0.39 is 0 Å². The zero-order valence-corrected chi connectivity index (χ0v) is 15.7. The Bertz CT molecular complexity index is 644. The molecule has 2 aromatic rings. The second kappa shape index (κ2) is 8.34. The smallest absolute Gasteiger partial charge is 0.122 e. The Morgan fingerprint density at radius 3 is 1.88 bits per heavy atom. The van der Waals surface area contributed by atoms with Crippen LogP contribution in [0.25, 0.3) is 0 Å². The van der Waals surface area contributed by atoms with Crippen molar-refractivity contribution in [3.63, 3.8) is 0 Å². The molecule has 0 spiro atoms. The van der Waals surface area contributed by atoms with E-state index in [4.69, 9.17) is 10.5 Å². The molecule has 0 bridgehead atoms. The molecule has 0 aliphatic carbocycles. The van der Waals surface area contributed by atoms with Gasteiger partial charge in [0.05, 0.1) is 7.11 Å². The fourth-order valence-electron chi connectivity index (χ4n) is 3.07. The van der Waals surface area contributed by atoms with E-state index in [1.54, 1.807) is 7.11 Å². The van der Waals surface area contributed by atoms with Crippen molar-refractivity contribution < 1.29 is 4.74 Å². The van der Waals surface area contributed by atoms with Crippen molar-refractivity contribution in [2.75, 3.05) is 13.7 Å². The molecule has 0 aliphatic heterocycles. The molecule has 0 amide bonds. The SMILES string of the molecule is COc1ccc(C(C)C)cc1CC(CN)c1ccc(C(C)C)cc1. The van der Waals surface area contributed by atoms with Crippen LogP contribution in [0.1, 0.15) is 67.7 Å². The quantitative estimate of drug-likeness (QED) is 0.757. The summed E-state index contributed by atoms with van der Waals surface area (Å²) < 4.78 is 5.57. The van der Waals surface area contributed by atoms with Gasteiger partial charge in [-0.25, -0.2) is 0 Å². The fraction of sp³-hybridized carbons (Fsp3) is 0.455. The van der Waals surface area contributed by atoms with E-state index in [1.807, 2.05) is 0 Å². The average molecular weight is 325 g/mol. The number of ether oxygens (including phenoxy) is 1. The minimum atomic E-state index is 0.308. The van der Waals surface area contributed by atoms with Crippen LogP contribution in [0.4, 0.5) is 0 Å². The lowest BCUT2D eigenvalue weighted by molar-refractivity contribution is 0.407. The molecule has 2 nitrogen and oxygen atoms in total. The Hall–Kier alpha value is -1.80. The molecular weight excluding hydrogens is 294 g/mol. The topological polar surface area (TPSA) is 35.2 Å². The molecule has 0 aromatic heterocycles. The molecule has 2 N–H and O–H groups in total. The highest BCUT2D eigenvalue weighted by Crippen LogP contribution is 2.30. The molecule has 0 aliphatic rings. The number of nitrogens with two attached hydrogens (primary N) is 1. The van der Waals surface area contributed by atoms with Crippen LogP contribution in [-0.2, 0) is 6.42 Å². The lowest BCUT2D eigenvalue weighted by Gasteiger charge is -2.19. The maximum atomic E-state index is 6.10. The van der Waals surface area contributed by atoms with E-state index in [1.165, 1.54) is 22.3 Å². The Labute approximate surface area is 147 Å². The van der Waals surface area contributed by atoms with Crippen LogP contribution in [0, 0.1) is 0 Å². The number of hydrogen-bond acceptors (Lipinski definition) is 2. The van der Waals surface area contributed by atoms with Gasteiger partial charge in [0.2, 0.25) is 0 Å². The van der Waals surface area contributed by atoms with Crippen molar-refractivity contribution in [2.24, 2.45) is 5.73 Å². The first-order valence-corrected chi connectivity index (χ1v) is 8.93. The summed E-state index contributed by atoms with van der Waals surface area (Å²) in [6.45, 7) is 9.51. The average Bonchev–Trinajstić information content (AvgIpc) is 2.59. The largest absolute Gasteiger partial charge is 0.496 e. The minimum Gasteiger partial charge on any atom is -0.496 e. The first-order valence-electron chi connectivity index (χ1n) is 8.93. The van der Waals surface area contributed by atoms with Crippen LogP contribution in [-0.4, -0.2) is 13.7 Å². The Kier molecular flexibility index (Phi) is 6.44. The van der Waals surface area contributed by atoms with Gasteiger partial charge >= 0.3 is 0 Å². The van der Waals surface area contributed by atoms with Crippen molar-refractivity contribution in [1.82, 2.24) is 0 Å². The molecule has 2 rings (SSSR count). The molecule has 1 atom stereocenters. The van der Waals surface area contributed by atoms with Gasteiger partial charge in [-0.15, -0.1) is 0 Å². The zero-order valence-electron chi connectivity index (χ0n) is 15.7. The van der Waals surface area contributed by atoms with Gasteiger partial charge in [-0.05, 0) is 53.1 Å². The van der Waals surface area contributed by atoms with Gasteiger partial charge in [-0.1, -0.05) is 64.1 Å². The molecule has 0 heterocycles. The van der Waals surface area contributed by atoms with E-state index in [2.05, 4.69) is 70.2 Å². The summed E-state index contributed by atoms with van der Waals surface area (Å²) in [5, 5.41) is 0. The molecule has 24 heavy (non-hydrogen) atoms. The molecule has 0 saturated heterocycles. The normalized spacial score (nSPS) is 12.7. The van der Waals surface area contributed by atoms with Crippen LogP contribution in [0.3, 0.4) is 0 Å². The second-order valence-electron chi connectivity index (χ2n) is 7.18. The maximum Gasteiger partial charge on any atom is 0.122 e. The first kappa shape index (κ1) is 18.5. The molecule has 0 radical (unpaired) electrons. The monoisotopic (exact) mass is 325 g/mol. The summed E-state index contributed by atoms with van der Waals surface area (Å²) in [5.74, 6) is 2.33. The van der Waals surface area contributed by atoms with Crippen LogP contribution in [0.2, 0.25) is 0 Å². The van der Waals surface area contributed by atoms with Crippen molar-refractivity contribution in [2.45, 2.75) is 51.9 Å². The Balaban J connectivity index is 2.27. The van der Waals surface area contributed by atoms with Gasteiger partial charge in [0.1, 0.15) is 5.75 Å². The van der Waals surface area contributed by atoms with E-state index in [-0.39, 0.29) is 0 Å². The molecule has 1 unspecified atom stereocenters. The highest BCUT2D eigenvalue weighted by molar-refractivity contribution is 5.40. The Morgan fingerprint density at radius 2 is 1.38 bits per heavy atom. The number of hydrogen-bond donors (Lipinski definition) is 1. The summed E-state index contributed by atoms with van der Waals surface area (Å²) in [6, 6.07) is 15.4. The molecule has 2 heteroatoms. The van der Waals surface area contributed by atoms with Crippen molar-refractivity contribution in [1.29, 1.82) is 0 Å². The molecule has 130 valence electrons. The third kappa shape index (κ3) is 4.39. The van der Waals surface area contributed by atoms with Gasteiger partial charge in [0.15, 0.2) is 0 Å². The molecule has 2 aromatic carbocycles. The van der Waals surface area contributed by atoms with E-state index in [9.17, 15) is 0 Å². The van der Waals surface area contributed by atoms with Gasteiger partial charge in [0.25, 0.3) is 0 Å². The first-order chi connectivity index (χ1) is 11.5. The van der Waals surface area contributed by atoms with Gasteiger partial charge < -0.3 is 10.5 Å². The third-order valence-corrected chi connectivity index (χ3v) is 4.80. The molecule has 0 fully saturated rings. The standard InChI is InChI=1S/C22H31NO/c1-15(2)17-6-8-18(9-7-17)21(14-23)13-20-12-19(16(3)4)10-11-22(20)24-5/h6-12,15-16,21H,13-14,23H2,1-5H3. The summed E-state index contributed by atoms with van der Waals surface area (Å²) in [6.07, 6.45) is 0.904. The van der Waals surface area contributed by atoms with Crippen LogP contribution >= 0.6 is 0 Å². The van der Waals surface area contributed by atoms with Crippen molar-refractivity contribution in [3.05, 3.63) is 64.7 Å². The lowest BCUT2D eigenvalue weighted by Crippen LogP contribution is -2.15. The van der Waals surface area contributed by atoms with E-state index >= 15 is 0 Å². The number of rotatable bonds is 7. The van der Waals surface area contributed by atoms with Gasteiger partial charge in [0, 0.05) is 5.92 Å². The number of methoxy groups -OCH3 is 1. The van der Waals surface area contributed by atoms with E-state index in [0.717, 1.165) is 12.2 Å². The summed E-state index contributed by atoms with van der Waals surface area (Å²) in [4.78, 5) is 0. The Morgan fingerprint density at radius 1 is 0.833 bits per heavy atom. The summed E-state index contributed by atoms with van der Waals surface area (Å²) in [5.41, 5.74) is 11.4. The lowest BCUT2D eigenvalue weighted by atomic mass is 9.88.